The van der Waals surface area contributed by atoms with Crippen LogP contribution in [0.15, 0.2) is 206 Å². The van der Waals surface area contributed by atoms with Crippen LogP contribution in [0.4, 0.5) is 0 Å². The first kappa shape index (κ1) is 32.6. The molecular weight excluding hydrogens is 705 g/mol. The molecule has 0 radical (unpaired) electrons. The van der Waals surface area contributed by atoms with E-state index in [0.717, 1.165) is 72.2 Å². The van der Waals surface area contributed by atoms with Crippen molar-refractivity contribution in [2.24, 2.45) is 0 Å². The highest BCUT2D eigenvalue weighted by Crippen LogP contribution is 2.64. The summed E-state index contributed by atoms with van der Waals surface area (Å²) >= 11 is 0. The van der Waals surface area contributed by atoms with Crippen LogP contribution in [0.25, 0.3) is 77.7 Å². The van der Waals surface area contributed by atoms with E-state index in [1.54, 1.807) is 0 Å². The molecule has 0 bridgehead atoms. The number of benzene rings is 9. The molecule has 58 heavy (non-hydrogen) atoms. The fraction of sp³-hybridized carbons (Fsp3) is 0.0182. The summed E-state index contributed by atoms with van der Waals surface area (Å²) < 4.78 is 7.15. The second-order valence-electron chi connectivity index (χ2n) is 15.3. The Morgan fingerprint density at radius 1 is 0.328 bits per heavy atom. The molecule has 1 aliphatic heterocycles. The summed E-state index contributed by atoms with van der Waals surface area (Å²) in [4.78, 5) is 10.1. The van der Waals surface area contributed by atoms with Crippen molar-refractivity contribution in [3.8, 4) is 67.7 Å². The lowest BCUT2D eigenvalue weighted by Gasteiger charge is -2.40. The Morgan fingerprint density at radius 2 is 0.828 bits per heavy atom. The average molecular weight is 739 g/mol. The molecule has 1 aromatic heterocycles. The standard InChI is InChI=1S/C55H34N2O/c1-3-15-38(16-4-1)50-34-51(57-54(56-50)40-17-5-2-6-18-40)39-25-23-35(24-26-39)41-27-30-45-44-21-11-12-22-46(44)55(49(45)33-41)47-31-28-36-13-7-9-19-42(36)52(47)58-53-43-20-10-8-14-37(43)29-32-48(53)55/h1-34H. The maximum absolute atomic E-state index is 7.15. The van der Waals surface area contributed by atoms with Gasteiger partial charge in [0.05, 0.1) is 16.8 Å². The lowest BCUT2D eigenvalue weighted by atomic mass is 9.65. The lowest BCUT2D eigenvalue weighted by molar-refractivity contribution is 0.447. The van der Waals surface area contributed by atoms with Crippen LogP contribution in [0.2, 0.25) is 0 Å². The number of rotatable bonds is 4. The second kappa shape index (κ2) is 12.7. The number of ether oxygens (including phenoxy) is 1. The Bertz CT molecular complexity index is 3100. The van der Waals surface area contributed by atoms with Gasteiger partial charge in [-0.05, 0) is 56.3 Å². The van der Waals surface area contributed by atoms with Gasteiger partial charge in [-0.25, -0.2) is 9.97 Å². The van der Waals surface area contributed by atoms with E-state index in [4.69, 9.17) is 14.7 Å². The molecule has 3 nitrogen and oxygen atoms in total. The molecular formula is C55H34N2O. The average Bonchev–Trinajstić information content (AvgIpc) is 3.59. The van der Waals surface area contributed by atoms with Gasteiger partial charge in [0.15, 0.2) is 5.82 Å². The zero-order chi connectivity index (χ0) is 38.2. The third kappa shape index (κ3) is 4.80. The Hall–Kier alpha value is -7.62. The van der Waals surface area contributed by atoms with Crippen LogP contribution in [0.3, 0.4) is 0 Å². The van der Waals surface area contributed by atoms with Gasteiger partial charge in [-0.2, -0.15) is 0 Å². The van der Waals surface area contributed by atoms with Gasteiger partial charge >= 0.3 is 0 Å². The van der Waals surface area contributed by atoms with Crippen molar-refractivity contribution in [2.75, 3.05) is 0 Å². The van der Waals surface area contributed by atoms with E-state index in [2.05, 4.69) is 182 Å². The third-order valence-electron chi connectivity index (χ3n) is 12.2. The summed E-state index contributed by atoms with van der Waals surface area (Å²) in [5, 5.41) is 4.56. The van der Waals surface area contributed by atoms with Crippen LogP contribution in [0.5, 0.6) is 11.5 Å². The van der Waals surface area contributed by atoms with Gasteiger partial charge in [-0.15, -0.1) is 0 Å². The van der Waals surface area contributed by atoms with E-state index in [0.29, 0.717) is 5.82 Å². The van der Waals surface area contributed by atoms with E-state index in [9.17, 15) is 0 Å². The van der Waals surface area contributed by atoms with E-state index in [-0.39, 0.29) is 0 Å². The first-order valence-corrected chi connectivity index (χ1v) is 19.8. The minimum absolute atomic E-state index is 0.596. The number of fused-ring (bicyclic) bond motifs is 13. The van der Waals surface area contributed by atoms with Crippen LogP contribution in [-0.4, -0.2) is 9.97 Å². The topological polar surface area (TPSA) is 35.0 Å². The van der Waals surface area contributed by atoms with E-state index >= 15 is 0 Å². The molecule has 0 N–H and O–H groups in total. The molecule has 10 aromatic rings. The van der Waals surface area contributed by atoms with Crippen molar-refractivity contribution >= 4 is 21.5 Å². The van der Waals surface area contributed by atoms with E-state index in [1.165, 1.54) is 33.4 Å². The second-order valence-corrected chi connectivity index (χ2v) is 15.3. The quantitative estimate of drug-likeness (QED) is 0.180. The van der Waals surface area contributed by atoms with Gasteiger partial charge in [-0.1, -0.05) is 194 Å². The van der Waals surface area contributed by atoms with Crippen molar-refractivity contribution in [1.29, 1.82) is 0 Å². The molecule has 1 aliphatic carbocycles. The maximum atomic E-state index is 7.15. The summed E-state index contributed by atoms with van der Waals surface area (Å²) in [7, 11) is 0. The molecule has 2 heterocycles. The van der Waals surface area contributed by atoms with E-state index in [1.807, 2.05) is 24.3 Å². The predicted molar refractivity (Wildman–Crippen MR) is 236 cm³/mol. The van der Waals surface area contributed by atoms with Crippen molar-refractivity contribution in [3.63, 3.8) is 0 Å². The van der Waals surface area contributed by atoms with Gasteiger partial charge in [0.25, 0.3) is 0 Å². The van der Waals surface area contributed by atoms with Crippen LogP contribution in [0, 0.1) is 0 Å². The van der Waals surface area contributed by atoms with Crippen LogP contribution in [0.1, 0.15) is 22.3 Å². The van der Waals surface area contributed by atoms with Crippen LogP contribution < -0.4 is 4.74 Å². The molecule has 3 heteroatoms. The highest BCUT2D eigenvalue weighted by molar-refractivity contribution is 6.00. The van der Waals surface area contributed by atoms with Crippen molar-refractivity contribution < 1.29 is 4.74 Å². The summed E-state index contributed by atoms with van der Waals surface area (Å²) in [6.07, 6.45) is 0. The van der Waals surface area contributed by atoms with Crippen molar-refractivity contribution in [3.05, 3.63) is 229 Å². The molecule has 2 aliphatic rings. The Labute approximate surface area is 336 Å². The summed E-state index contributed by atoms with van der Waals surface area (Å²) in [5.41, 5.74) is 14.0. The number of hydrogen-bond acceptors (Lipinski definition) is 3. The molecule has 1 spiro atoms. The molecule has 0 unspecified atom stereocenters. The first-order valence-electron chi connectivity index (χ1n) is 19.8. The third-order valence-corrected chi connectivity index (χ3v) is 12.2. The molecule has 270 valence electrons. The fourth-order valence-corrected chi connectivity index (χ4v) is 9.48. The predicted octanol–water partition coefficient (Wildman–Crippen LogP) is 13.9. The minimum atomic E-state index is -0.596. The molecule has 0 saturated heterocycles. The molecule has 9 aromatic carbocycles. The van der Waals surface area contributed by atoms with Gasteiger partial charge in [0, 0.05) is 38.6 Å². The monoisotopic (exact) mass is 738 g/mol. The van der Waals surface area contributed by atoms with Gasteiger partial charge in [-0.3, -0.25) is 0 Å². The number of nitrogens with zero attached hydrogens (tertiary/aromatic N) is 2. The zero-order valence-corrected chi connectivity index (χ0v) is 31.4. The molecule has 12 rings (SSSR count). The van der Waals surface area contributed by atoms with Gasteiger partial charge < -0.3 is 4.74 Å². The van der Waals surface area contributed by atoms with Crippen LogP contribution in [-0.2, 0) is 5.41 Å². The zero-order valence-electron chi connectivity index (χ0n) is 31.4. The highest BCUT2D eigenvalue weighted by Gasteiger charge is 2.51. The SMILES string of the molecule is c1ccc(-c2cc(-c3ccc(-c4ccc5c(c4)C4(c6ccccc6-5)c5ccc6ccccc6c5Oc5c4ccc4ccccc54)cc3)nc(-c3ccccc3)n2)cc1. The van der Waals surface area contributed by atoms with Crippen LogP contribution >= 0.6 is 0 Å². The summed E-state index contributed by atoms with van der Waals surface area (Å²) in [6.45, 7) is 0. The highest BCUT2D eigenvalue weighted by atomic mass is 16.5. The molecule has 0 amide bonds. The molecule has 0 saturated carbocycles. The largest absolute Gasteiger partial charge is 0.455 e. The normalized spacial score (nSPS) is 13.1. The number of hydrogen-bond donors (Lipinski definition) is 0. The van der Waals surface area contributed by atoms with Gasteiger partial charge in [0.1, 0.15) is 11.5 Å². The summed E-state index contributed by atoms with van der Waals surface area (Å²) in [6, 6.07) is 73.8. The Morgan fingerprint density at radius 3 is 1.48 bits per heavy atom. The Balaban J connectivity index is 1.05. The minimum Gasteiger partial charge on any atom is -0.455 e. The number of aromatic nitrogens is 2. The maximum Gasteiger partial charge on any atom is 0.160 e. The lowest BCUT2D eigenvalue weighted by Crippen LogP contribution is -2.32. The first-order chi connectivity index (χ1) is 28.7. The van der Waals surface area contributed by atoms with E-state index < -0.39 is 5.41 Å². The summed E-state index contributed by atoms with van der Waals surface area (Å²) in [5.74, 6) is 2.56. The fourth-order valence-electron chi connectivity index (χ4n) is 9.48. The van der Waals surface area contributed by atoms with Crippen molar-refractivity contribution in [2.45, 2.75) is 5.41 Å². The van der Waals surface area contributed by atoms with Crippen molar-refractivity contribution in [1.82, 2.24) is 9.97 Å². The smallest absolute Gasteiger partial charge is 0.160 e. The Kier molecular flexibility index (Phi) is 7.14. The molecule has 0 fully saturated rings. The van der Waals surface area contributed by atoms with Gasteiger partial charge in [0.2, 0.25) is 0 Å². The molecule has 0 atom stereocenters.